The number of likely N-dealkylation sites (tertiary alicyclic amines) is 1. The van der Waals surface area contributed by atoms with E-state index in [4.69, 9.17) is 4.74 Å². The standard InChI is InChI=1S/C19H26N2O4/c1-13(2)17(20-14(3)22)18(23)21-11-7-10-16(21)19(24)25-12-15-8-5-4-6-9-15/h4-6,8-9,13,16-17H,7,10-12H2,1-3H3,(H,20,22)/t16-,17-/m0/s1. The fourth-order valence-corrected chi connectivity index (χ4v) is 3.01. The molecule has 0 unspecified atom stereocenters. The number of benzene rings is 1. The van der Waals surface area contributed by atoms with Crippen LogP contribution in [-0.4, -0.2) is 41.3 Å². The van der Waals surface area contributed by atoms with Crippen molar-refractivity contribution in [3.8, 4) is 0 Å². The Morgan fingerprint density at radius 1 is 1.24 bits per heavy atom. The summed E-state index contributed by atoms with van der Waals surface area (Å²) in [6, 6.07) is 8.24. The summed E-state index contributed by atoms with van der Waals surface area (Å²) < 4.78 is 5.39. The highest BCUT2D eigenvalue weighted by molar-refractivity contribution is 5.91. The summed E-state index contributed by atoms with van der Waals surface area (Å²) in [5, 5.41) is 2.69. The van der Waals surface area contributed by atoms with Crippen molar-refractivity contribution < 1.29 is 19.1 Å². The highest BCUT2D eigenvalue weighted by Crippen LogP contribution is 2.21. The van der Waals surface area contributed by atoms with Crippen molar-refractivity contribution >= 4 is 17.8 Å². The minimum atomic E-state index is -0.625. The number of ether oxygens (including phenoxy) is 1. The van der Waals surface area contributed by atoms with E-state index in [0.717, 1.165) is 12.0 Å². The summed E-state index contributed by atoms with van der Waals surface area (Å²) in [7, 11) is 0. The Kier molecular flexibility index (Phi) is 6.56. The molecule has 1 aliphatic rings. The molecule has 1 aromatic rings. The first-order valence-corrected chi connectivity index (χ1v) is 8.68. The number of rotatable bonds is 6. The minimum absolute atomic E-state index is 0.0574. The van der Waals surface area contributed by atoms with Gasteiger partial charge in [-0.15, -0.1) is 0 Å². The van der Waals surface area contributed by atoms with Gasteiger partial charge in [0.15, 0.2) is 0 Å². The van der Waals surface area contributed by atoms with Gasteiger partial charge in [-0.05, 0) is 24.3 Å². The van der Waals surface area contributed by atoms with Gasteiger partial charge >= 0.3 is 5.97 Å². The number of esters is 1. The quantitative estimate of drug-likeness (QED) is 0.798. The van der Waals surface area contributed by atoms with Gasteiger partial charge < -0.3 is 15.0 Å². The van der Waals surface area contributed by atoms with Crippen LogP contribution in [-0.2, 0) is 25.7 Å². The van der Waals surface area contributed by atoms with Crippen LogP contribution in [0.2, 0.25) is 0 Å². The van der Waals surface area contributed by atoms with E-state index in [1.54, 1.807) is 4.90 Å². The Morgan fingerprint density at radius 2 is 1.92 bits per heavy atom. The number of carbonyl (C=O) groups is 3. The second-order valence-electron chi connectivity index (χ2n) is 6.71. The van der Waals surface area contributed by atoms with Crippen molar-refractivity contribution in [2.24, 2.45) is 5.92 Å². The Hall–Kier alpha value is -2.37. The number of nitrogens with zero attached hydrogens (tertiary/aromatic N) is 1. The molecule has 2 rings (SSSR count). The molecule has 1 saturated heterocycles. The molecule has 1 N–H and O–H groups in total. The average molecular weight is 346 g/mol. The number of carbonyl (C=O) groups excluding carboxylic acids is 3. The van der Waals surface area contributed by atoms with Crippen LogP contribution in [0.3, 0.4) is 0 Å². The lowest BCUT2D eigenvalue weighted by Gasteiger charge is -2.29. The molecule has 1 aromatic carbocycles. The van der Waals surface area contributed by atoms with Crippen LogP contribution in [0.25, 0.3) is 0 Å². The van der Waals surface area contributed by atoms with Crippen LogP contribution in [0.4, 0.5) is 0 Å². The van der Waals surface area contributed by atoms with E-state index in [1.807, 2.05) is 44.2 Å². The molecule has 1 heterocycles. The Morgan fingerprint density at radius 3 is 2.52 bits per heavy atom. The van der Waals surface area contributed by atoms with E-state index in [1.165, 1.54) is 6.92 Å². The third-order valence-corrected chi connectivity index (χ3v) is 4.32. The maximum atomic E-state index is 12.8. The zero-order chi connectivity index (χ0) is 18.4. The van der Waals surface area contributed by atoms with Gasteiger partial charge in [0, 0.05) is 13.5 Å². The molecule has 0 saturated carbocycles. The SMILES string of the molecule is CC(=O)N[C@H](C(=O)N1CCC[C@H]1C(=O)OCc1ccccc1)C(C)C. The van der Waals surface area contributed by atoms with Gasteiger partial charge in [-0.25, -0.2) is 4.79 Å². The summed E-state index contributed by atoms with van der Waals surface area (Å²) in [6.07, 6.45) is 1.34. The van der Waals surface area contributed by atoms with Crippen LogP contribution < -0.4 is 5.32 Å². The normalized spacial score (nSPS) is 18.1. The topological polar surface area (TPSA) is 75.7 Å². The van der Waals surface area contributed by atoms with Crippen LogP contribution in [0.15, 0.2) is 30.3 Å². The molecular formula is C19H26N2O4. The molecule has 25 heavy (non-hydrogen) atoms. The number of amides is 2. The monoisotopic (exact) mass is 346 g/mol. The lowest BCUT2D eigenvalue weighted by molar-refractivity contribution is -0.155. The average Bonchev–Trinajstić information content (AvgIpc) is 3.07. The largest absolute Gasteiger partial charge is 0.459 e. The van der Waals surface area contributed by atoms with Crippen molar-refractivity contribution in [2.45, 2.75) is 52.3 Å². The van der Waals surface area contributed by atoms with Crippen molar-refractivity contribution in [3.05, 3.63) is 35.9 Å². The zero-order valence-electron chi connectivity index (χ0n) is 15.0. The molecule has 1 aliphatic heterocycles. The highest BCUT2D eigenvalue weighted by Gasteiger charge is 2.39. The second kappa shape index (κ2) is 8.65. The third-order valence-electron chi connectivity index (χ3n) is 4.32. The molecule has 0 bridgehead atoms. The van der Waals surface area contributed by atoms with Crippen LogP contribution >= 0.6 is 0 Å². The van der Waals surface area contributed by atoms with E-state index in [9.17, 15) is 14.4 Å². The Balaban J connectivity index is 2.01. The molecule has 0 spiro atoms. The molecule has 6 nitrogen and oxygen atoms in total. The fraction of sp³-hybridized carbons (Fsp3) is 0.526. The molecule has 2 atom stereocenters. The molecule has 1 fully saturated rings. The van der Waals surface area contributed by atoms with Gasteiger partial charge in [-0.1, -0.05) is 44.2 Å². The predicted molar refractivity (Wildman–Crippen MR) is 93.4 cm³/mol. The van der Waals surface area contributed by atoms with Crippen molar-refractivity contribution in [1.29, 1.82) is 0 Å². The van der Waals surface area contributed by atoms with Crippen molar-refractivity contribution in [1.82, 2.24) is 10.2 Å². The Labute approximate surface area is 148 Å². The predicted octanol–water partition coefficient (Wildman–Crippen LogP) is 1.88. The Bertz CT molecular complexity index is 615. The minimum Gasteiger partial charge on any atom is -0.459 e. The first-order chi connectivity index (χ1) is 11.9. The maximum Gasteiger partial charge on any atom is 0.329 e. The molecular weight excluding hydrogens is 320 g/mol. The van der Waals surface area contributed by atoms with Gasteiger partial charge in [0.25, 0.3) is 0 Å². The number of hydrogen-bond acceptors (Lipinski definition) is 4. The molecule has 0 radical (unpaired) electrons. The summed E-state index contributed by atoms with van der Waals surface area (Å²) in [4.78, 5) is 38.2. The van der Waals surface area contributed by atoms with Crippen LogP contribution in [0, 0.1) is 5.92 Å². The van der Waals surface area contributed by atoms with Crippen molar-refractivity contribution in [3.63, 3.8) is 0 Å². The maximum absolute atomic E-state index is 12.8. The van der Waals surface area contributed by atoms with Gasteiger partial charge in [0.05, 0.1) is 0 Å². The lowest BCUT2D eigenvalue weighted by atomic mass is 10.0. The van der Waals surface area contributed by atoms with Crippen LogP contribution in [0.1, 0.15) is 39.2 Å². The van der Waals surface area contributed by atoms with E-state index in [-0.39, 0.29) is 30.3 Å². The smallest absolute Gasteiger partial charge is 0.329 e. The van der Waals surface area contributed by atoms with E-state index in [2.05, 4.69) is 5.32 Å². The second-order valence-corrected chi connectivity index (χ2v) is 6.71. The van der Waals surface area contributed by atoms with E-state index in [0.29, 0.717) is 13.0 Å². The summed E-state index contributed by atoms with van der Waals surface area (Å²) >= 11 is 0. The lowest BCUT2D eigenvalue weighted by Crippen LogP contribution is -2.53. The first-order valence-electron chi connectivity index (χ1n) is 8.68. The summed E-state index contributed by atoms with van der Waals surface area (Å²) in [6.45, 7) is 5.83. The first kappa shape index (κ1) is 19.0. The van der Waals surface area contributed by atoms with Crippen LogP contribution in [0.5, 0.6) is 0 Å². The van der Waals surface area contributed by atoms with Crippen molar-refractivity contribution in [2.75, 3.05) is 6.54 Å². The zero-order valence-corrected chi connectivity index (χ0v) is 15.0. The fourth-order valence-electron chi connectivity index (χ4n) is 3.01. The third kappa shape index (κ3) is 5.05. The molecule has 0 aliphatic carbocycles. The molecule has 136 valence electrons. The van der Waals surface area contributed by atoms with E-state index < -0.39 is 12.1 Å². The van der Waals surface area contributed by atoms with Gasteiger partial charge in [0.1, 0.15) is 18.7 Å². The molecule has 6 heteroatoms. The molecule has 2 amide bonds. The number of nitrogens with one attached hydrogen (secondary N) is 1. The van der Waals surface area contributed by atoms with Gasteiger partial charge in [-0.3, -0.25) is 9.59 Å². The molecule has 0 aromatic heterocycles. The van der Waals surface area contributed by atoms with E-state index >= 15 is 0 Å². The highest BCUT2D eigenvalue weighted by atomic mass is 16.5. The van der Waals surface area contributed by atoms with Gasteiger partial charge in [0.2, 0.25) is 11.8 Å². The summed E-state index contributed by atoms with van der Waals surface area (Å²) in [5.41, 5.74) is 0.907. The van der Waals surface area contributed by atoms with Gasteiger partial charge in [-0.2, -0.15) is 0 Å². The number of hydrogen-bond donors (Lipinski definition) is 1. The summed E-state index contributed by atoms with van der Waals surface area (Å²) in [5.74, 6) is -0.920.